The fourth-order valence-electron chi connectivity index (χ4n) is 2.99. The van der Waals surface area contributed by atoms with Gasteiger partial charge in [-0.25, -0.2) is 17.6 Å². The van der Waals surface area contributed by atoms with Crippen molar-refractivity contribution in [1.29, 1.82) is 0 Å². The summed E-state index contributed by atoms with van der Waals surface area (Å²) >= 11 is 0. The van der Waals surface area contributed by atoms with Crippen LogP contribution < -0.4 is 5.32 Å². The van der Waals surface area contributed by atoms with Crippen molar-refractivity contribution in [2.75, 3.05) is 32.7 Å². The Hall–Kier alpha value is -2.45. The van der Waals surface area contributed by atoms with E-state index in [0.29, 0.717) is 26.1 Å². The molecule has 1 N–H and O–H groups in total. The maximum atomic E-state index is 13.2. The highest BCUT2D eigenvalue weighted by Gasteiger charge is 2.29. The molecule has 2 amide bonds. The second-order valence-corrected chi connectivity index (χ2v) is 8.25. The first-order valence-corrected chi connectivity index (χ1v) is 10.2. The topological polar surface area (TPSA) is 69.7 Å². The summed E-state index contributed by atoms with van der Waals surface area (Å²) in [7, 11) is -3.53. The van der Waals surface area contributed by atoms with Crippen LogP contribution in [0.2, 0.25) is 0 Å². The molecule has 0 atom stereocenters. The number of halogens is 1. The molecule has 0 spiro atoms. The molecule has 0 radical (unpaired) electrons. The fraction of sp³-hybridized carbons (Fsp3) is 0.316. The van der Waals surface area contributed by atoms with E-state index in [0.717, 1.165) is 5.56 Å². The van der Waals surface area contributed by atoms with E-state index < -0.39 is 10.0 Å². The molecule has 8 heteroatoms. The van der Waals surface area contributed by atoms with E-state index in [2.05, 4.69) is 5.32 Å². The van der Waals surface area contributed by atoms with Crippen LogP contribution >= 0.6 is 0 Å². The number of hydrogen-bond acceptors (Lipinski definition) is 3. The van der Waals surface area contributed by atoms with Crippen LogP contribution in [0.15, 0.2) is 59.5 Å². The summed E-state index contributed by atoms with van der Waals surface area (Å²) in [6.45, 7) is 1.57. The van der Waals surface area contributed by atoms with Gasteiger partial charge in [-0.3, -0.25) is 0 Å². The zero-order valence-corrected chi connectivity index (χ0v) is 15.7. The highest BCUT2D eigenvalue weighted by Crippen LogP contribution is 2.17. The summed E-state index contributed by atoms with van der Waals surface area (Å²) in [5.41, 5.74) is 0.814. The van der Waals surface area contributed by atoms with Crippen molar-refractivity contribution in [1.82, 2.24) is 14.5 Å². The van der Waals surface area contributed by atoms with Crippen LogP contribution in [0.1, 0.15) is 5.56 Å². The lowest BCUT2D eigenvalue weighted by Gasteiger charge is -2.34. The quantitative estimate of drug-likeness (QED) is 0.849. The van der Waals surface area contributed by atoms with E-state index in [4.69, 9.17) is 0 Å². The van der Waals surface area contributed by atoms with Gasteiger partial charge in [0.05, 0.1) is 4.90 Å². The smallest absolute Gasteiger partial charge is 0.317 e. The van der Waals surface area contributed by atoms with Gasteiger partial charge in [0, 0.05) is 32.7 Å². The van der Waals surface area contributed by atoms with Gasteiger partial charge in [-0.15, -0.1) is 0 Å². The van der Waals surface area contributed by atoms with Gasteiger partial charge < -0.3 is 10.2 Å². The lowest BCUT2D eigenvalue weighted by atomic mass is 10.1. The van der Waals surface area contributed by atoms with E-state index in [9.17, 15) is 17.6 Å². The van der Waals surface area contributed by atoms with Gasteiger partial charge in [-0.1, -0.05) is 30.3 Å². The first kappa shape index (κ1) is 19.3. The Morgan fingerprint density at radius 2 is 1.70 bits per heavy atom. The molecule has 6 nitrogen and oxygen atoms in total. The number of rotatable bonds is 5. The molecule has 0 unspecified atom stereocenters. The Kier molecular flexibility index (Phi) is 6.08. The average molecular weight is 391 g/mol. The number of hydrogen-bond donors (Lipinski definition) is 1. The van der Waals surface area contributed by atoms with Crippen LogP contribution in [-0.2, 0) is 16.4 Å². The molecule has 0 aromatic heterocycles. The lowest BCUT2D eigenvalue weighted by molar-refractivity contribution is 0.172. The van der Waals surface area contributed by atoms with E-state index in [1.54, 1.807) is 41.3 Å². The monoisotopic (exact) mass is 391 g/mol. The summed E-state index contributed by atoms with van der Waals surface area (Å²) in [5, 5.41) is 2.80. The standard InChI is InChI=1S/C19H22FN3O3S/c20-17-6-4-5-16(15-17)9-10-21-19(24)22-11-13-23(14-12-22)27(25,26)18-7-2-1-3-8-18/h1-8,15H,9-14H2,(H,21,24). The van der Waals surface area contributed by atoms with Crippen LogP contribution in [0.25, 0.3) is 0 Å². The Balaban J connectivity index is 1.48. The number of nitrogens with one attached hydrogen (secondary N) is 1. The number of carbonyl (C=O) groups excluding carboxylic acids is 1. The summed E-state index contributed by atoms with van der Waals surface area (Å²) in [5.74, 6) is -0.297. The molecule has 0 aliphatic carbocycles. The van der Waals surface area contributed by atoms with Crippen LogP contribution in [0.3, 0.4) is 0 Å². The minimum Gasteiger partial charge on any atom is -0.338 e. The van der Waals surface area contributed by atoms with Crippen molar-refractivity contribution >= 4 is 16.1 Å². The Labute approximate surface area is 158 Å². The van der Waals surface area contributed by atoms with Crippen LogP contribution in [0.5, 0.6) is 0 Å². The predicted octanol–water partition coefficient (Wildman–Crippen LogP) is 2.08. The fourth-order valence-corrected chi connectivity index (χ4v) is 4.43. The van der Waals surface area contributed by atoms with Crippen LogP contribution in [0.4, 0.5) is 9.18 Å². The molecule has 1 fully saturated rings. The molecule has 1 aliphatic heterocycles. The lowest BCUT2D eigenvalue weighted by Crippen LogP contribution is -2.53. The molecule has 2 aromatic carbocycles. The molecule has 1 heterocycles. The minimum atomic E-state index is -3.53. The number of sulfonamides is 1. The van der Waals surface area contributed by atoms with Gasteiger partial charge >= 0.3 is 6.03 Å². The number of piperazine rings is 1. The van der Waals surface area contributed by atoms with Crippen molar-refractivity contribution in [3.63, 3.8) is 0 Å². The van der Waals surface area contributed by atoms with E-state index in [-0.39, 0.29) is 29.8 Å². The number of urea groups is 1. The van der Waals surface area contributed by atoms with E-state index >= 15 is 0 Å². The molecule has 0 bridgehead atoms. The number of nitrogens with zero attached hydrogens (tertiary/aromatic N) is 2. The van der Waals surface area contributed by atoms with Gasteiger partial charge in [-0.2, -0.15) is 4.31 Å². The van der Waals surface area contributed by atoms with Gasteiger partial charge in [0.2, 0.25) is 10.0 Å². The zero-order valence-electron chi connectivity index (χ0n) is 14.8. The molecule has 1 aliphatic rings. The molecule has 144 valence electrons. The molecular formula is C19H22FN3O3S. The van der Waals surface area contributed by atoms with Crippen molar-refractivity contribution in [2.24, 2.45) is 0 Å². The summed E-state index contributed by atoms with van der Waals surface area (Å²) in [6, 6.07) is 14.3. The molecule has 1 saturated heterocycles. The van der Waals surface area contributed by atoms with Crippen molar-refractivity contribution < 1.29 is 17.6 Å². The summed E-state index contributed by atoms with van der Waals surface area (Å²) < 4.78 is 39.7. The first-order chi connectivity index (χ1) is 13.0. The molecule has 2 aromatic rings. The Morgan fingerprint density at radius 1 is 1.00 bits per heavy atom. The highest BCUT2D eigenvalue weighted by atomic mass is 32.2. The minimum absolute atomic E-state index is 0.233. The average Bonchev–Trinajstić information content (AvgIpc) is 2.69. The van der Waals surface area contributed by atoms with Crippen molar-refractivity contribution in [2.45, 2.75) is 11.3 Å². The third-order valence-corrected chi connectivity index (χ3v) is 6.40. The number of carbonyl (C=O) groups is 1. The first-order valence-electron chi connectivity index (χ1n) is 8.79. The molecule has 3 rings (SSSR count). The molecule has 27 heavy (non-hydrogen) atoms. The van der Waals surface area contributed by atoms with E-state index in [1.165, 1.54) is 16.4 Å². The van der Waals surface area contributed by atoms with Gasteiger partial charge in [-0.05, 0) is 36.2 Å². The summed E-state index contributed by atoms with van der Waals surface area (Å²) in [6.07, 6.45) is 0.534. The third kappa shape index (κ3) is 4.84. The highest BCUT2D eigenvalue weighted by molar-refractivity contribution is 7.89. The van der Waals surface area contributed by atoms with Gasteiger partial charge in [0.1, 0.15) is 5.82 Å². The van der Waals surface area contributed by atoms with Crippen molar-refractivity contribution in [3.05, 3.63) is 66.0 Å². The maximum Gasteiger partial charge on any atom is 0.317 e. The van der Waals surface area contributed by atoms with E-state index in [1.807, 2.05) is 6.07 Å². The van der Waals surface area contributed by atoms with Gasteiger partial charge in [0.25, 0.3) is 0 Å². The summed E-state index contributed by atoms with van der Waals surface area (Å²) in [4.78, 5) is 14.1. The number of benzene rings is 2. The van der Waals surface area contributed by atoms with Gasteiger partial charge in [0.15, 0.2) is 0 Å². The van der Waals surface area contributed by atoms with Crippen LogP contribution in [-0.4, -0.2) is 56.4 Å². The Morgan fingerprint density at radius 3 is 2.37 bits per heavy atom. The SMILES string of the molecule is O=C(NCCc1cccc(F)c1)N1CCN(S(=O)(=O)c2ccccc2)CC1. The zero-order chi connectivity index (χ0) is 19.3. The predicted molar refractivity (Wildman–Crippen MR) is 100 cm³/mol. The maximum absolute atomic E-state index is 13.2. The van der Waals surface area contributed by atoms with Crippen LogP contribution in [0, 0.1) is 5.82 Å². The molecule has 0 saturated carbocycles. The third-order valence-electron chi connectivity index (χ3n) is 4.49. The number of amides is 2. The molecular weight excluding hydrogens is 369 g/mol. The Bertz CT molecular complexity index is 882. The second-order valence-electron chi connectivity index (χ2n) is 6.32. The second kappa shape index (κ2) is 8.49. The normalized spacial score (nSPS) is 15.5. The van der Waals surface area contributed by atoms with Crippen molar-refractivity contribution in [3.8, 4) is 0 Å². The largest absolute Gasteiger partial charge is 0.338 e.